The van der Waals surface area contributed by atoms with Crippen molar-refractivity contribution in [2.75, 3.05) is 31.5 Å². The molecule has 1 saturated heterocycles. The average Bonchev–Trinajstić information content (AvgIpc) is 2.53. The number of piperidine rings is 1. The van der Waals surface area contributed by atoms with Gasteiger partial charge >= 0.3 is 6.03 Å². The summed E-state index contributed by atoms with van der Waals surface area (Å²) >= 11 is 0. The van der Waals surface area contributed by atoms with E-state index in [9.17, 15) is 4.79 Å². The molecule has 21 heavy (non-hydrogen) atoms. The van der Waals surface area contributed by atoms with Crippen LogP contribution in [0.1, 0.15) is 31.2 Å². The van der Waals surface area contributed by atoms with Gasteiger partial charge < -0.3 is 15.5 Å². The molecule has 1 aliphatic heterocycles. The van der Waals surface area contributed by atoms with Crippen LogP contribution in [0.4, 0.5) is 10.5 Å². The van der Waals surface area contributed by atoms with E-state index in [0.29, 0.717) is 17.8 Å². The van der Waals surface area contributed by atoms with Crippen LogP contribution in [0.15, 0.2) is 24.3 Å². The number of benzene rings is 1. The van der Waals surface area contributed by atoms with E-state index in [1.54, 1.807) is 24.3 Å². The van der Waals surface area contributed by atoms with Gasteiger partial charge in [0.25, 0.3) is 0 Å². The molecule has 2 rings (SSSR count). The topological polar surface area (TPSA) is 68.2 Å². The Kier molecular flexibility index (Phi) is 6.04. The van der Waals surface area contributed by atoms with Gasteiger partial charge in [-0.1, -0.05) is 12.5 Å². The molecule has 0 bridgehead atoms. The van der Waals surface area contributed by atoms with Gasteiger partial charge in [0.1, 0.15) is 0 Å². The van der Waals surface area contributed by atoms with Gasteiger partial charge in [-0.3, -0.25) is 0 Å². The number of nitriles is 1. The molecule has 1 heterocycles. The van der Waals surface area contributed by atoms with Crippen molar-refractivity contribution in [3.05, 3.63) is 29.8 Å². The molecular weight excluding hydrogens is 264 g/mol. The van der Waals surface area contributed by atoms with Crippen LogP contribution in [-0.2, 0) is 0 Å². The number of rotatable bonds is 5. The summed E-state index contributed by atoms with van der Waals surface area (Å²) in [6.07, 6.45) is 4.90. The molecule has 2 N–H and O–H groups in total. The largest absolute Gasteiger partial charge is 0.338 e. The highest BCUT2D eigenvalue weighted by Gasteiger charge is 2.09. The number of urea groups is 1. The van der Waals surface area contributed by atoms with Crippen LogP contribution in [0.3, 0.4) is 0 Å². The Hall–Kier alpha value is -2.06. The molecule has 0 aromatic heterocycles. The first-order valence-corrected chi connectivity index (χ1v) is 7.55. The second-order valence-corrected chi connectivity index (χ2v) is 5.33. The summed E-state index contributed by atoms with van der Waals surface area (Å²) in [6.45, 7) is 4.09. The van der Waals surface area contributed by atoms with Crippen molar-refractivity contribution in [1.82, 2.24) is 10.2 Å². The van der Waals surface area contributed by atoms with E-state index in [2.05, 4.69) is 21.6 Å². The summed E-state index contributed by atoms with van der Waals surface area (Å²) in [4.78, 5) is 14.2. The van der Waals surface area contributed by atoms with Crippen molar-refractivity contribution >= 4 is 11.7 Å². The second-order valence-electron chi connectivity index (χ2n) is 5.33. The van der Waals surface area contributed by atoms with E-state index in [4.69, 9.17) is 5.26 Å². The van der Waals surface area contributed by atoms with E-state index in [0.717, 1.165) is 13.0 Å². The Bertz CT molecular complexity index is 503. The lowest BCUT2D eigenvalue weighted by molar-refractivity contribution is 0.224. The minimum atomic E-state index is -0.219. The van der Waals surface area contributed by atoms with Crippen LogP contribution < -0.4 is 10.6 Å². The first-order valence-electron chi connectivity index (χ1n) is 7.55. The highest BCUT2D eigenvalue weighted by molar-refractivity contribution is 5.89. The fraction of sp³-hybridized carbons (Fsp3) is 0.500. The number of hydrogen-bond acceptors (Lipinski definition) is 3. The quantitative estimate of drug-likeness (QED) is 0.817. The van der Waals surface area contributed by atoms with Gasteiger partial charge in [-0.2, -0.15) is 5.26 Å². The third-order valence-corrected chi connectivity index (χ3v) is 3.63. The van der Waals surface area contributed by atoms with Crippen LogP contribution in [0.5, 0.6) is 0 Å². The molecule has 112 valence electrons. The van der Waals surface area contributed by atoms with Crippen molar-refractivity contribution in [2.45, 2.75) is 25.7 Å². The number of nitrogens with one attached hydrogen (secondary N) is 2. The van der Waals surface area contributed by atoms with Crippen LogP contribution >= 0.6 is 0 Å². The molecule has 5 nitrogen and oxygen atoms in total. The Labute approximate surface area is 125 Å². The molecule has 1 aromatic rings. The molecule has 1 fully saturated rings. The van der Waals surface area contributed by atoms with Gasteiger partial charge in [-0.15, -0.1) is 0 Å². The summed E-state index contributed by atoms with van der Waals surface area (Å²) < 4.78 is 0. The predicted octanol–water partition coefficient (Wildman–Crippen LogP) is 2.56. The summed E-state index contributed by atoms with van der Waals surface area (Å²) in [5.41, 5.74) is 1.18. The summed E-state index contributed by atoms with van der Waals surface area (Å²) in [5.74, 6) is 0. The van der Waals surface area contributed by atoms with Crippen LogP contribution in [-0.4, -0.2) is 37.1 Å². The third kappa shape index (κ3) is 5.44. The standard InChI is InChI=1S/C16H22N4O/c17-13-14-6-4-7-15(12-14)19-16(21)18-8-5-11-20-9-2-1-3-10-20/h4,6-7,12H,1-3,5,8-11H2,(H2,18,19,21). The van der Waals surface area contributed by atoms with Crippen LogP contribution in [0.2, 0.25) is 0 Å². The number of nitrogens with zero attached hydrogens (tertiary/aromatic N) is 2. The molecule has 0 spiro atoms. The van der Waals surface area contributed by atoms with Gasteiger partial charge in [0.15, 0.2) is 0 Å². The lowest BCUT2D eigenvalue weighted by Crippen LogP contribution is -2.34. The lowest BCUT2D eigenvalue weighted by atomic mass is 10.1. The van der Waals surface area contributed by atoms with Gasteiger partial charge in [-0.25, -0.2) is 4.79 Å². The predicted molar refractivity (Wildman–Crippen MR) is 83.1 cm³/mol. The molecule has 0 atom stereocenters. The van der Waals surface area contributed by atoms with E-state index >= 15 is 0 Å². The second kappa shape index (κ2) is 8.28. The van der Waals surface area contributed by atoms with E-state index in [1.165, 1.54) is 32.4 Å². The van der Waals surface area contributed by atoms with E-state index in [-0.39, 0.29) is 6.03 Å². The number of carbonyl (C=O) groups excluding carboxylic acids is 1. The highest BCUT2D eigenvalue weighted by atomic mass is 16.2. The summed E-state index contributed by atoms with van der Waals surface area (Å²) in [6, 6.07) is 8.73. The molecule has 0 unspecified atom stereocenters. The van der Waals surface area contributed by atoms with Gasteiger partial charge in [0.05, 0.1) is 11.6 Å². The number of carbonyl (C=O) groups is 1. The maximum Gasteiger partial charge on any atom is 0.319 e. The maximum atomic E-state index is 11.7. The van der Waals surface area contributed by atoms with Crippen molar-refractivity contribution in [1.29, 1.82) is 5.26 Å². The first-order chi connectivity index (χ1) is 10.3. The Morgan fingerprint density at radius 3 is 2.86 bits per heavy atom. The van der Waals surface area contributed by atoms with E-state index < -0.39 is 0 Å². The van der Waals surface area contributed by atoms with Gasteiger partial charge in [-0.05, 0) is 57.1 Å². The first kappa shape index (κ1) is 15.3. The van der Waals surface area contributed by atoms with Crippen LogP contribution in [0.25, 0.3) is 0 Å². The molecule has 5 heteroatoms. The number of likely N-dealkylation sites (tertiary alicyclic amines) is 1. The number of anilines is 1. The average molecular weight is 286 g/mol. The van der Waals surface area contributed by atoms with Crippen molar-refractivity contribution in [2.24, 2.45) is 0 Å². The minimum absolute atomic E-state index is 0.219. The molecule has 0 aliphatic carbocycles. The van der Waals surface area contributed by atoms with Crippen molar-refractivity contribution in [3.8, 4) is 6.07 Å². The van der Waals surface area contributed by atoms with E-state index in [1.807, 2.05) is 0 Å². The molecule has 0 radical (unpaired) electrons. The smallest absolute Gasteiger partial charge is 0.319 e. The molecule has 1 aromatic carbocycles. The Morgan fingerprint density at radius 2 is 2.10 bits per heavy atom. The summed E-state index contributed by atoms with van der Waals surface area (Å²) in [5, 5.41) is 14.4. The Balaban J connectivity index is 1.64. The SMILES string of the molecule is N#Cc1cccc(NC(=O)NCCCN2CCCCC2)c1. The third-order valence-electron chi connectivity index (χ3n) is 3.63. The Morgan fingerprint density at radius 1 is 1.29 bits per heavy atom. The maximum absolute atomic E-state index is 11.7. The monoisotopic (exact) mass is 286 g/mol. The van der Waals surface area contributed by atoms with Crippen molar-refractivity contribution in [3.63, 3.8) is 0 Å². The fourth-order valence-electron chi connectivity index (χ4n) is 2.53. The number of amides is 2. The minimum Gasteiger partial charge on any atom is -0.338 e. The zero-order valence-corrected chi connectivity index (χ0v) is 12.3. The zero-order chi connectivity index (χ0) is 14.9. The lowest BCUT2D eigenvalue weighted by Gasteiger charge is -2.26. The molecule has 2 amide bonds. The normalized spacial score (nSPS) is 15.2. The fourth-order valence-corrected chi connectivity index (χ4v) is 2.53. The van der Waals surface area contributed by atoms with Gasteiger partial charge in [0, 0.05) is 12.2 Å². The van der Waals surface area contributed by atoms with Gasteiger partial charge in [0.2, 0.25) is 0 Å². The zero-order valence-electron chi connectivity index (χ0n) is 12.3. The van der Waals surface area contributed by atoms with Crippen LogP contribution in [0, 0.1) is 11.3 Å². The van der Waals surface area contributed by atoms with Crippen molar-refractivity contribution < 1.29 is 4.79 Å². The summed E-state index contributed by atoms with van der Waals surface area (Å²) in [7, 11) is 0. The molecular formula is C16H22N4O. The number of hydrogen-bond donors (Lipinski definition) is 2. The molecule has 1 aliphatic rings. The molecule has 0 saturated carbocycles. The highest BCUT2D eigenvalue weighted by Crippen LogP contribution is 2.10.